The zero-order valence-corrected chi connectivity index (χ0v) is 17.2. The van der Waals surface area contributed by atoms with Gasteiger partial charge in [0.15, 0.2) is 0 Å². The van der Waals surface area contributed by atoms with E-state index in [1.54, 1.807) is 16.7 Å². The molecule has 162 valence electrons. The van der Waals surface area contributed by atoms with E-state index in [0.717, 1.165) is 12.0 Å². The molecule has 1 atom stereocenters. The maximum absolute atomic E-state index is 13.5. The predicted octanol–water partition coefficient (Wildman–Crippen LogP) is 2.44. The average molecular weight is 424 g/mol. The van der Waals surface area contributed by atoms with Crippen molar-refractivity contribution in [3.8, 4) is 0 Å². The van der Waals surface area contributed by atoms with Crippen LogP contribution in [0.15, 0.2) is 59.4 Å². The van der Waals surface area contributed by atoms with Gasteiger partial charge >= 0.3 is 5.69 Å². The van der Waals surface area contributed by atoms with Crippen LogP contribution >= 0.6 is 0 Å². The van der Waals surface area contributed by atoms with Crippen molar-refractivity contribution in [2.45, 2.75) is 38.5 Å². The summed E-state index contributed by atoms with van der Waals surface area (Å²) < 4.78 is 21.9. The van der Waals surface area contributed by atoms with Gasteiger partial charge in [-0.2, -0.15) is 5.10 Å². The van der Waals surface area contributed by atoms with E-state index in [-0.39, 0.29) is 24.0 Å². The van der Waals surface area contributed by atoms with Gasteiger partial charge in [-0.25, -0.2) is 13.9 Å². The highest BCUT2D eigenvalue weighted by Crippen LogP contribution is 2.24. The third kappa shape index (κ3) is 5.08. The number of hydrogen-bond acceptors (Lipinski definition) is 4. The number of nitrogens with one attached hydrogen (secondary N) is 1. The zero-order valence-electron chi connectivity index (χ0n) is 17.2. The van der Waals surface area contributed by atoms with Gasteiger partial charge in [0.1, 0.15) is 11.6 Å². The molecule has 2 aromatic carbocycles. The third-order valence-corrected chi connectivity index (χ3v) is 5.33. The van der Waals surface area contributed by atoms with Crippen LogP contribution in [0.2, 0.25) is 0 Å². The highest BCUT2D eigenvalue weighted by atomic mass is 19.1. The first-order valence-corrected chi connectivity index (χ1v) is 10.4. The van der Waals surface area contributed by atoms with Crippen LogP contribution in [0, 0.1) is 5.82 Å². The van der Waals surface area contributed by atoms with Gasteiger partial charge < -0.3 is 10.1 Å². The minimum absolute atomic E-state index is 0.160. The topological polar surface area (TPSA) is 78.2 Å². The summed E-state index contributed by atoms with van der Waals surface area (Å²) in [6, 6.07) is 15.9. The highest BCUT2D eigenvalue weighted by Gasteiger charge is 2.31. The lowest BCUT2D eigenvalue weighted by Gasteiger charge is -2.21. The van der Waals surface area contributed by atoms with Crippen molar-refractivity contribution in [1.29, 1.82) is 0 Å². The molecule has 0 saturated carbocycles. The number of ether oxygens (including phenoxy) is 1. The number of aromatic nitrogens is 3. The molecule has 4 rings (SSSR count). The number of nitrogens with zero attached hydrogens (tertiary/aromatic N) is 3. The molecule has 3 aromatic rings. The molecule has 1 amide bonds. The number of benzene rings is 2. The Morgan fingerprint density at radius 3 is 2.77 bits per heavy atom. The van der Waals surface area contributed by atoms with Crippen LogP contribution in [0.4, 0.5) is 4.39 Å². The summed E-state index contributed by atoms with van der Waals surface area (Å²) in [5, 5.41) is 7.30. The minimum atomic E-state index is -0.482. The SMILES string of the molecule is O=C(NCCOCc1ccccc1)C1CCCn2c1nn(Cc1cccc(F)c1)c2=O. The molecule has 1 aliphatic rings. The van der Waals surface area contributed by atoms with Gasteiger partial charge in [0.05, 0.1) is 25.7 Å². The van der Waals surface area contributed by atoms with E-state index in [0.29, 0.717) is 44.1 Å². The molecule has 8 heteroatoms. The molecule has 31 heavy (non-hydrogen) atoms. The fourth-order valence-electron chi connectivity index (χ4n) is 3.80. The van der Waals surface area contributed by atoms with Gasteiger partial charge in [0.25, 0.3) is 0 Å². The molecule has 1 aliphatic heterocycles. The molecule has 0 fully saturated rings. The highest BCUT2D eigenvalue weighted by molar-refractivity contribution is 5.82. The number of hydrogen-bond donors (Lipinski definition) is 1. The second-order valence-electron chi connectivity index (χ2n) is 7.60. The van der Waals surface area contributed by atoms with Crippen molar-refractivity contribution in [1.82, 2.24) is 19.7 Å². The summed E-state index contributed by atoms with van der Waals surface area (Å²) in [4.78, 5) is 25.5. The van der Waals surface area contributed by atoms with E-state index < -0.39 is 5.92 Å². The first-order chi connectivity index (χ1) is 15.1. The normalized spacial score (nSPS) is 15.5. The van der Waals surface area contributed by atoms with Gasteiger partial charge in [-0.15, -0.1) is 0 Å². The molecule has 2 heterocycles. The number of fused-ring (bicyclic) bond motifs is 1. The van der Waals surface area contributed by atoms with Crippen LogP contribution in [-0.2, 0) is 29.2 Å². The number of amides is 1. The smallest absolute Gasteiger partial charge is 0.346 e. The van der Waals surface area contributed by atoms with Gasteiger partial charge in [-0.1, -0.05) is 42.5 Å². The zero-order chi connectivity index (χ0) is 21.6. The summed E-state index contributed by atoms with van der Waals surface area (Å²) in [6.45, 7) is 1.97. The van der Waals surface area contributed by atoms with E-state index in [1.807, 2.05) is 30.3 Å². The number of carbonyl (C=O) groups is 1. The van der Waals surface area contributed by atoms with Crippen molar-refractivity contribution in [2.75, 3.05) is 13.2 Å². The summed E-state index contributed by atoms with van der Waals surface area (Å²) in [5.74, 6) is -0.534. The van der Waals surface area contributed by atoms with E-state index in [1.165, 1.54) is 16.8 Å². The summed E-state index contributed by atoms with van der Waals surface area (Å²) in [6.07, 6.45) is 1.36. The van der Waals surface area contributed by atoms with Gasteiger partial charge in [0, 0.05) is 13.1 Å². The van der Waals surface area contributed by atoms with Crippen LogP contribution in [-0.4, -0.2) is 33.4 Å². The fourth-order valence-corrected chi connectivity index (χ4v) is 3.80. The molecule has 0 aliphatic carbocycles. The first kappa shape index (κ1) is 21.0. The number of rotatable bonds is 8. The molecular weight excluding hydrogens is 399 g/mol. The number of carbonyl (C=O) groups excluding carboxylic acids is 1. The van der Waals surface area contributed by atoms with Crippen molar-refractivity contribution >= 4 is 5.91 Å². The van der Waals surface area contributed by atoms with Gasteiger partial charge in [0.2, 0.25) is 5.91 Å². The number of halogens is 1. The lowest BCUT2D eigenvalue weighted by molar-refractivity contribution is -0.123. The Bertz CT molecular complexity index is 1090. The van der Waals surface area contributed by atoms with Crippen LogP contribution in [0.5, 0.6) is 0 Å². The standard InChI is InChI=1S/C23H25FN4O3/c24-19-9-4-8-18(14-19)15-28-23(30)27-12-5-10-20(21(27)26-28)22(29)25-11-13-31-16-17-6-2-1-3-7-17/h1-4,6-9,14,20H,5,10-13,15-16H2,(H,25,29). The Hall–Kier alpha value is -3.26. The van der Waals surface area contributed by atoms with E-state index in [4.69, 9.17) is 4.74 Å². The Kier molecular flexibility index (Phi) is 6.57. The second kappa shape index (κ2) is 9.70. The molecule has 0 bridgehead atoms. The summed E-state index contributed by atoms with van der Waals surface area (Å²) in [7, 11) is 0. The molecule has 1 aromatic heterocycles. The monoisotopic (exact) mass is 424 g/mol. The van der Waals surface area contributed by atoms with Crippen molar-refractivity contribution in [3.05, 3.63) is 87.9 Å². The molecule has 0 radical (unpaired) electrons. The van der Waals surface area contributed by atoms with Crippen LogP contribution in [0.25, 0.3) is 0 Å². The third-order valence-electron chi connectivity index (χ3n) is 5.33. The van der Waals surface area contributed by atoms with Crippen molar-refractivity contribution < 1.29 is 13.9 Å². The maximum Gasteiger partial charge on any atom is 0.346 e. The molecule has 1 unspecified atom stereocenters. The average Bonchev–Trinajstić information content (AvgIpc) is 3.09. The predicted molar refractivity (Wildman–Crippen MR) is 113 cm³/mol. The summed E-state index contributed by atoms with van der Waals surface area (Å²) >= 11 is 0. The largest absolute Gasteiger partial charge is 0.375 e. The minimum Gasteiger partial charge on any atom is -0.375 e. The van der Waals surface area contributed by atoms with Crippen molar-refractivity contribution in [3.63, 3.8) is 0 Å². The molecule has 0 spiro atoms. The first-order valence-electron chi connectivity index (χ1n) is 10.4. The van der Waals surface area contributed by atoms with E-state index in [9.17, 15) is 14.0 Å². The van der Waals surface area contributed by atoms with E-state index >= 15 is 0 Å². The Morgan fingerprint density at radius 1 is 1.16 bits per heavy atom. The fraction of sp³-hybridized carbons (Fsp3) is 0.348. The molecular formula is C23H25FN4O3. The van der Waals surface area contributed by atoms with Gasteiger partial charge in [-0.05, 0) is 36.1 Å². The van der Waals surface area contributed by atoms with Crippen molar-refractivity contribution in [2.24, 2.45) is 0 Å². The maximum atomic E-state index is 13.5. The molecule has 0 saturated heterocycles. The Balaban J connectivity index is 1.36. The van der Waals surface area contributed by atoms with Crippen LogP contribution in [0.3, 0.4) is 0 Å². The van der Waals surface area contributed by atoms with E-state index in [2.05, 4.69) is 10.4 Å². The second-order valence-corrected chi connectivity index (χ2v) is 7.60. The Morgan fingerprint density at radius 2 is 1.97 bits per heavy atom. The lowest BCUT2D eigenvalue weighted by atomic mass is 9.98. The van der Waals surface area contributed by atoms with Gasteiger partial charge in [-0.3, -0.25) is 9.36 Å². The summed E-state index contributed by atoms with van der Waals surface area (Å²) in [5.41, 5.74) is 1.45. The molecule has 7 nitrogen and oxygen atoms in total. The van der Waals surface area contributed by atoms with Crippen LogP contribution < -0.4 is 11.0 Å². The Labute approximate surface area is 179 Å². The lowest BCUT2D eigenvalue weighted by Crippen LogP contribution is -2.36. The quantitative estimate of drug-likeness (QED) is 0.564. The van der Waals surface area contributed by atoms with Crippen LogP contribution in [0.1, 0.15) is 35.7 Å². The molecule has 1 N–H and O–H groups in total.